The minimum atomic E-state index is -4.55. The van der Waals surface area contributed by atoms with Gasteiger partial charge in [-0.3, -0.25) is 14.4 Å². The Hall–Kier alpha value is -3.05. The fourth-order valence-corrected chi connectivity index (χ4v) is 6.11. The lowest BCUT2D eigenvalue weighted by molar-refractivity contribution is -0.155. The van der Waals surface area contributed by atoms with Gasteiger partial charge < -0.3 is 10.2 Å². The van der Waals surface area contributed by atoms with Crippen molar-refractivity contribution in [3.8, 4) is 11.1 Å². The van der Waals surface area contributed by atoms with E-state index in [1.165, 1.54) is 12.1 Å². The van der Waals surface area contributed by atoms with Crippen molar-refractivity contribution in [1.29, 1.82) is 0 Å². The molecular formula is C29H33F6N5. The molecule has 0 aliphatic carbocycles. The standard InChI is InChI=1S/C29H33F6N5/c1-18-10-20-11-19(21-14-36-37-15-21)5-6-24(20)28(40(18)17-29(33,34)35)27-25(31)12-23(13-26(27)32)38-22-4-2-8-39(16-22)9-3-7-30/h5-6,11-15,18,22,28,38H,2-4,7-10,16-17H2,1H3,(H,36,37)/t18-,22?,28+/m1/s1. The number of aromatic amines is 1. The van der Waals surface area contributed by atoms with Crippen LogP contribution in [0.15, 0.2) is 42.7 Å². The summed E-state index contributed by atoms with van der Waals surface area (Å²) in [4.78, 5) is 3.26. The second-order valence-corrected chi connectivity index (χ2v) is 10.8. The number of likely N-dealkylation sites (tertiary alicyclic amines) is 1. The molecule has 3 atom stereocenters. The van der Waals surface area contributed by atoms with Crippen LogP contribution in [0.4, 0.5) is 32.0 Å². The lowest BCUT2D eigenvalue weighted by Crippen LogP contribution is -2.47. The average Bonchev–Trinajstić information content (AvgIpc) is 3.43. The molecule has 216 valence electrons. The number of piperidine rings is 1. The molecule has 2 aliphatic rings. The third-order valence-electron chi connectivity index (χ3n) is 7.88. The van der Waals surface area contributed by atoms with Gasteiger partial charge in [0.05, 0.1) is 25.5 Å². The average molecular weight is 566 g/mol. The highest BCUT2D eigenvalue weighted by atomic mass is 19.4. The maximum Gasteiger partial charge on any atom is 0.401 e. The summed E-state index contributed by atoms with van der Waals surface area (Å²) in [7, 11) is 0. The summed E-state index contributed by atoms with van der Waals surface area (Å²) in [6, 6.07) is 5.66. The lowest BCUT2D eigenvalue weighted by atomic mass is 9.83. The summed E-state index contributed by atoms with van der Waals surface area (Å²) < 4.78 is 85.2. The maximum atomic E-state index is 15.8. The zero-order valence-corrected chi connectivity index (χ0v) is 22.2. The minimum Gasteiger partial charge on any atom is -0.381 e. The number of H-pyrrole nitrogens is 1. The highest BCUT2D eigenvalue weighted by Crippen LogP contribution is 2.43. The van der Waals surface area contributed by atoms with E-state index in [2.05, 4.69) is 20.4 Å². The molecular weight excluding hydrogens is 532 g/mol. The van der Waals surface area contributed by atoms with E-state index in [0.717, 1.165) is 41.0 Å². The van der Waals surface area contributed by atoms with Crippen molar-refractivity contribution in [2.45, 2.75) is 56.9 Å². The zero-order valence-electron chi connectivity index (χ0n) is 22.2. The summed E-state index contributed by atoms with van der Waals surface area (Å²) >= 11 is 0. The van der Waals surface area contributed by atoms with E-state index in [-0.39, 0.29) is 11.7 Å². The first-order valence-electron chi connectivity index (χ1n) is 13.6. The number of fused-ring (bicyclic) bond motifs is 1. The number of benzene rings is 2. The number of aromatic nitrogens is 2. The number of halogens is 6. The van der Waals surface area contributed by atoms with Crippen LogP contribution in [0.3, 0.4) is 0 Å². The number of nitrogens with zero attached hydrogens (tertiary/aromatic N) is 3. The molecule has 5 nitrogen and oxygen atoms in total. The fraction of sp³-hybridized carbons (Fsp3) is 0.483. The van der Waals surface area contributed by atoms with Gasteiger partial charge in [0.2, 0.25) is 0 Å². The molecule has 2 N–H and O–H groups in total. The van der Waals surface area contributed by atoms with Gasteiger partial charge >= 0.3 is 6.18 Å². The molecule has 11 heteroatoms. The number of rotatable bonds is 8. The molecule has 0 bridgehead atoms. The Morgan fingerprint density at radius 3 is 2.55 bits per heavy atom. The van der Waals surface area contributed by atoms with Crippen LogP contribution >= 0.6 is 0 Å². The lowest BCUT2D eigenvalue weighted by Gasteiger charge is -2.43. The molecule has 5 rings (SSSR count). The quantitative estimate of drug-likeness (QED) is 0.307. The molecule has 2 aliphatic heterocycles. The van der Waals surface area contributed by atoms with Crippen LogP contribution in [0.25, 0.3) is 11.1 Å². The van der Waals surface area contributed by atoms with E-state index < -0.39 is 48.7 Å². The zero-order chi connectivity index (χ0) is 28.4. The van der Waals surface area contributed by atoms with Crippen molar-refractivity contribution in [2.24, 2.45) is 0 Å². The van der Waals surface area contributed by atoms with Crippen LogP contribution in [0.1, 0.15) is 48.9 Å². The first-order chi connectivity index (χ1) is 19.1. The third-order valence-corrected chi connectivity index (χ3v) is 7.88. The van der Waals surface area contributed by atoms with Gasteiger partial charge in [0.15, 0.2) is 0 Å². The summed E-state index contributed by atoms with van der Waals surface area (Å²) in [5.41, 5.74) is 2.65. The smallest absolute Gasteiger partial charge is 0.381 e. The molecule has 0 radical (unpaired) electrons. The second kappa shape index (κ2) is 11.8. The van der Waals surface area contributed by atoms with Gasteiger partial charge in [-0.25, -0.2) is 8.78 Å². The largest absolute Gasteiger partial charge is 0.401 e. The Balaban J connectivity index is 1.48. The molecule has 1 saturated heterocycles. The van der Waals surface area contributed by atoms with E-state index in [1.807, 2.05) is 6.07 Å². The number of hydrogen-bond acceptors (Lipinski definition) is 4. The fourth-order valence-electron chi connectivity index (χ4n) is 6.11. The van der Waals surface area contributed by atoms with Gasteiger partial charge in [0, 0.05) is 48.2 Å². The van der Waals surface area contributed by atoms with Gasteiger partial charge in [0.25, 0.3) is 0 Å². The molecule has 2 aromatic carbocycles. The number of hydrogen-bond donors (Lipinski definition) is 2. The molecule has 0 saturated carbocycles. The number of nitrogens with one attached hydrogen (secondary N) is 2. The van der Waals surface area contributed by atoms with Crippen LogP contribution in [-0.4, -0.2) is 71.1 Å². The van der Waals surface area contributed by atoms with Crippen LogP contribution in [0, 0.1) is 11.6 Å². The molecule has 0 amide bonds. The van der Waals surface area contributed by atoms with Crippen LogP contribution in [0.2, 0.25) is 0 Å². The van der Waals surface area contributed by atoms with E-state index in [4.69, 9.17) is 0 Å². The molecule has 1 aromatic heterocycles. The van der Waals surface area contributed by atoms with Crippen LogP contribution in [-0.2, 0) is 6.42 Å². The van der Waals surface area contributed by atoms with E-state index >= 15 is 8.78 Å². The van der Waals surface area contributed by atoms with Gasteiger partial charge in [-0.2, -0.15) is 18.3 Å². The molecule has 0 spiro atoms. The third kappa shape index (κ3) is 6.30. The number of anilines is 1. The van der Waals surface area contributed by atoms with E-state index in [9.17, 15) is 17.6 Å². The maximum absolute atomic E-state index is 15.8. The molecule has 3 heterocycles. The SMILES string of the molecule is C[C@@H]1Cc2cc(-c3cn[nH]c3)ccc2[C@@H](c2c(F)cc(NC3CCCN(CCCF)C3)cc2F)N1CC(F)(F)F. The van der Waals surface area contributed by atoms with Crippen molar-refractivity contribution < 1.29 is 26.3 Å². The molecule has 1 fully saturated rings. The van der Waals surface area contributed by atoms with Crippen LogP contribution < -0.4 is 5.32 Å². The summed E-state index contributed by atoms with van der Waals surface area (Å²) in [5.74, 6) is -1.80. The van der Waals surface area contributed by atoms with Crippen molar-refractivity contribution in [3.05, 3.63) is 71.1 Å². The first kappa shape index (κ1) is 28.5. The highest BCUT2D eigenvalue weighted by Gasteiger charge is 2.42. The molecule has 3 aromatic rings. The van der Waals surface area contributed by atoms with E-state index in [0.29, 0.717) is 31.5 Å². The monoisotopic (exact) mass is 565 g/mol. The van der Waals surface area contributed by atoms with Crippen LogP contribution in [0.5, 0.6) is 0 Å². The highest BCUT2D eigenvalue weighted by molar-refractivity contribution is 5.64. The second-order valence-electron chi connectivity index (χ2n) is 10.8. The Morgan fingerprint density at radius 2 is 1.88 bits per heavy atom. The van der Waals surface area contributed by atoms with Crippen molar-refractivity contribution in [2.75, 3.05) is 38.2 Å². The molecule has 40 heavy (non-hydrogen) atoms. The van der Waals surface area contributed by atoms with Crippen molar-refractivity contribution in [1.82, 2.24) is 20.0 Å². The topological polar surface area (TPSA) is 47.2 Å². The summed E-state index contributed by atoms with van der Waals surface area (Å²) in [6.07, 6.45) is 1.20. The Bertz CT molecular complexity index is 1270. The van der Waals surface area contributed by atoms with Gasteiger partial charge in [-0.1, -0.05) is 18.2 Å². The van der Waals surface area contributed by atoms with Crippen molar-refractivity contribution in [3.63, 3.8) is 0 Å². The normalized spacial score (nSPS) is 22.3. The Labute approximate surface area is 229 Å². The first-order valence-corrected chi connectivity index (χ1v) is 13.6. The Morgan fingerprint density at radius 1 is 1.10 bits per heavy atom. The summed E-state index contributed by atoms with van der Waals surface area (Å²) in [6.45, 7) is 2.04. The van der Waals surface area contributed by atoms with Gasteiger partial charge in [-0.15, -0.1) is 0 Å². The van der Waals surface area contributed by atoms with Crippen molar-refractivity contribution >= 4 is 5.69 Å². The van der Waals surface area contributed by atoms with Gasteiger partial charge in [-0.05, 0) is 68.0 Å². The van der Waals surface area contributed by atoms with E-state index in [1.54, 1.807) is 31.5 Å². The molecule has 1 unspecified atom stereocenters. The predicted molar refractivity (Wildman–Crippen MR) is 142 cm³/mol. The predicted octanol–water partition coefficient (Wildman–Crippen LogP) is 6.49. The summed E-state index contributed by atoms with van der Waals surface area (Å²) in [5, 5.41) is 9.87. The number of alkyl halides is 4. The minimum absolute atomic E-state index is 0.0727. The van der Waals surface area contributed by atoms with Gasteiger partial charge in [0.1, 0.15) is 11.6 Å². The Kier molecular flexibility index (Phi) is 8.42.